The Hall–Kier alpha value is -2.02. The molecule has 2 N–H and O–H groups in total. The van der Waals surface area contributed by atoms with Crippen molar-refractivity contribution in [3.63, 3.8) is 0 Å². The van der Waals surface area contributed by atoms with E-state index in [0.29, 0.717) is 31.8 Å². The van der Waals surface area contributed by atoms with E-state index in [9.17, 15) is 9.59 Å². The summed E-state index contributed by atoms with van der Waals surface area (Å²) in [6, 6.07) is 3.13. The fraction of sp³-hybridized carbons (Fsp3) is 0.600. The van der Waals surface area contributed by atoms with E-state index in [1.165, 1.54) is 4.90 Å². The molecule has 7 nitrogen and oxygen atoms in total. The summed E-state index contributed by atoms with van der Waals surface area (Å²) < 4.78 is 10.7. The smallest absolute Gasteiger partial charge is 0.318 e. The largest absolute Gasteiger partial charge is 0.481 e. The molecular weight excluding hydrogens is 288 g/mol. The van der Waals surface area contributed by atoms with Gasteiger partial charge in [-0.25, -0.2) is 4.79 Å². The number of hydrogen-bond acceptors (Lipinski definition) is 4. The van der Waals surface area contributed by atoms with Crippen LogP contribution in [-0.2, 0) is 9.53 Å². The lowest BCUT2D eigenvalue weighted by Crippen LogP contribution is -2.41. The molecule has 2 atom stereocenters. The number of aliphatic carboxylic acids is 1. The summed E-state index contributed by atoms with van der Waals surface area (Å²) in [5.74, 6) is 0.123. The number of nitrogens with one attached hydrogen (secondary N) is 1. The first-order valence-corrected chi connectivity index (χ1v) is 7.34. The molecule has 1 fully saturated rings. The first kappa shape index (κ1) is 16.4. The number of furan rings is 1. The lowest BCUT2D eigenvalue weighted by molar-refractivity contribution is -0.141. The third-order valence-corrected chi connectivity index (χ3v) is 3.84. The average Bonchev–Trinajstić information content (AvgIpc) is 3.12. The Bertz CT molecular complexity index is 528. The number of carbonyl (C=O) groups excluding carboxylic acids is 1. The van der Waals surface area contributed by atoms with Crippen LogP contribution in [0.2, 0.25) is 0 Å². The second kappa shape index (κ2) is 7.31. The van der Waals surface area contributed by atoms with Crippen LogP contribution < -0.4 is 5.32 Å². The van der Waals surface area contributed by atoms with Crippen LogP contribution in [0, 0.1) is 12.8 Å². The Kier molecular flexibility index (Phi) is 5.43. The highest BCUT2D eigenvalue weighted by molar-refractivity contribution is 5.77. The number of methoxy groups -OCH3 is 1. The highest BCUT2D eigenvalue weighted by atomic mass is 16.5. The van der Waals surface area contributed by atoms with Crippen molar-refractivity contribution in [2.75, 3.05) is 26.8 Å². The van der Waals surface area contributed by atoms with Crippen LogP contribution >= 0.6 is 0 Å². The van der Waals surface area contributed by atoms with E-state index in [2.05, 4.69) is 5.32 Å². The van der Waals surface area contributed by atoms with E-state index in [1.54, 1.807) is 7.11 Å². The number of rotatable bonds is 6. The molecule has 1 aliphatic rings. The second-order valence-corrected chi connectivity index (χ2v) is 5.50. The normalized spacial score (nSPS) is 19.2. The number of amides is 2. The van der Waals surface area contributed by atoms with Crippen molar-refractivity contribution < 1.29 is 23.8 Å². The second-order valence-electron chi connectivity index (χ2n) is 5.50. The predicted octanol–water partition coefficient (Wildman–Crippen LogP) is 1.78. The monoisotopic (exact) mass is 310 g/mol. The molecule has 7 heteroatoms. The zero-order valence-electron chi connectivity index (χ0n) is 12.9. The first-order valence-electron chi connectivity index (χ1n) is 7.34. The van der Waals surface area contributed by atoms with Crippen molar-refractivity contribution in [3.8, 4) is 0 Å². The van der Waals surface area contributed by atoms with Crippen molar-refractivity contribution in [1.82, 2.24) is 10.2 Å². The summed E-state index contributed by atoms with van der Waals surface area (Å²) >= 11 is 0. The minimum Gasteiger partial charge on any atom is -0.481 e. The molecule has 0 spiro atoms. The molecular formula is C15H22N2O5. The van der Waals surface area contributed by atoms with Crippen LogP contribution in [0.4, 0.5) is 4.79 Å². The number of carbonyl (C=O) groups is 2. The lowest BCUT2D eigenvalue weighted by atomic mass is 10.1. The zero-order valence-corrected chi connectivity index (χ0v) is 12.9. The van der Waals surface area contributed by atoms with Crippen LogP contribution in [0.5, 0.6) is 0 Å². The molecule has 1 saturated heterocycles. The summed E-state index contributed by atoms with van der Waals surface area (Å²) in [5, 5.41) is 11.9. The Morgan fingerprint density at radius 2 is 2.32 bits per heavy atom. The maximum Gasteiger partial charge on any atom is 0.318 e. The number of urea groups is 1. The topological polar surface area (TPSA) is 92.0 Å². The van der Waals surface area contributed by atoms with E-state index in [1.807, 2.05) is 19.1 Å². The van der Waals surface area contributed by atoms with E-state index < -0.39 is 11.9 Å². The van der Waals surface area contributed by atoms with E-state index in [0.717, 1.165) is 5.76 Å². The van der Waals surface area contributed by atoms with Gasteiger partial charge in [0.1, 0.15) is 11.5 Å². The fourth-order valence-corrected chi connectivity index (χ4v) is 2.55. The summed E-state index contributed by atoms with van der Waals surface area (Å²) in [7, 11) is 1.60. The van der Waals surface area contributed by atoms with Crippen molar-refractivity contribution in [2.45, 2.75) is 25.8 Å². The molecule has 1 aromatic rings. The van der Waals surface area contributed by atoms with Gasteiger partial charge in [0.25, 0.3) is 0 Å². The van der Waals surface area contributed by atoms with Crippen molar-refractivity contribution in [1.29, 1.82) is 0 Å². The van der Waals surface area contributed by atoms with Gasteiger partial charge >= 0.3 is 12.0 Å². The van der Waals surface area contributed by atoms with Crippen LogP contribution in [0.3, 0.4) is 0 Å². The third-order valence-electron chi connectivity index (χ3n) is 3.84. The minimum absolute atomic E-state index is 0.245. The molecule has 22 heavy (non-hydrogen) atoms. The molecule has 2 rings (SSSR count). The SMILES string of the molecule is COCCC(NC(=O)N1CCC(C(=O)O)C1)c1ccc(C)o1. The van der Waals surface area contributed by atoms with E-state index in [-0.39, 0.29) is 18.6 Å². The first-order chi connectivity index (χ1) is 10.5. The number of likely N-dealkylation sites (tertiary alicyclic amines) is 1. The van der Waals surface area contributed by atoms with Crippen molar-refractivity contribution in [2.24, 2.45) is 5.92 Å². The molecule has 2 unspecified atom stereocenters. The van der Waals surface area contributed by atoms with Gasteiger partial charge in [-0.05, 0) is 31.9 Å². The highest BCUT2D eigenvalue weighted by Gasteiger charge is 2.32. The standard InChI is InChI=1S/C15H22N2O5/c1-10-3-4-13(22-10)12(6-8-21-2)16-15(20)17-7-5-11(9-17)14(18)19/h3-4,11-12H,5-9H2,1-2H3,(H,16,20)(H,18,19). The number of hydrogen-bond donors (Lipinski definition) is 2. The number of nitrogens with zero attached hydrogens (tertiary/aromatic N) is 1. The number of carboxylic acid groups (broad SMARTS) is 1. The summed E-state index contributed by atoms with van der Waals surface area (Å²) in [4.78, 5) is 24.8. The molecule has 0 aromatic carbocycles. The van der Waals surface area contributed by atoms with Crippen molar-refractivity contribution in [3.05, 3.63) is 23.7 Å². The Balaban J connectivity index is 1.98. The maximum atomic E-state index is 12.3. The minimum atomic E-state index is -0.854. The Labute approximate surface area is 129 Å². The third kappa shape index (κ3) is 4.00. The van der Waals surface area contributed by atoms with Gasteiger partial charge in [-0.1, -0.05) is 0 Å². The molecule has 1 aliphatic heterocycles. The van der Waals surface area contributed by atoms with Gasteiger partial charge in [0.15, 0.2) is 0 Å². The van der Waals surface area contributed by atoms with Crippen molar-refractivity contribution >= 4 is 12.0 Å². The molecule has 0 radical (unpaired) electrons. The highest BCUT2D eigenvalue weighted by Crippen LogP contribution is 2.22. The Morgan fingerprint density at radius 1 is 1.55 bits per heavy atom. The summed E-state index contributed by atoms with van der Waals surface area (Å²) in [6.07, 6.45) is 1.08. The lowest BCUT2D eigenvalue weighted by Gasteiger charge is -2.22. The number of ether oxygens (including phenoxy) is 1. The van der Waals surface area contributed by atoms with Gasteiger partial charge in [0.2, 0.25) is 0 Å². The van der Waals surface area contributed by atoms with Gasteiger partial charge in [-0.3, -0.25) is 4.79 Å². The Morgan fingerprint density at radius 3 is 2.86 bits per heavy atom. The average molecular weight is 310 g/mol. The van der Waals surface area contributed by atoms with E-state index >= 15 is 0 Å². The summed E-state index contributed by atoms with van der Waals surface area (Å²) in [6.45, 7) is 3.03. The van der Waals surface area contributed by atoms with Crippen LogP contribution in [-0.4, -0.2) is 48.8 Å². The van der Waals surface area contributed by atoms with Gasteiger partial charge in [0.05, 0.1) is 12.0 Å². The predicted molar refractivity (Wildman–Crippen MR) is 78.5 cm³/mol. The fourth-order valence-electron chi connectivity index (χ4n) is 2.55. The molecule has 0 aliphatic carbocycles. The van der Waals surface area contributed by atoms with Gasteiger partial charge in [-0.2, -0.15) is 0 Å². The molecule has 0 bridgehead atoms. The maximum absolute atomic E-state index is 12.3. The number of carboxylic acids is 1. The van der Waals surface area contributed by atoms with Crippen LogP contribution in [0.15, 0.2) is 16.5 Å². The van der Waals surface area contributed by atoms with Gasteiger partial charge < -0.3 is 24.5 Å². The van der Waals surface area contributed by atoms with Gasteiger partial charge in [-0.15, -0.1) is 0 Å². The molecule has 2 heterocycles. The van der Waals surface area contributed by atoms with E-state index in [4.69, 9.17) is 14.3 Å². The quantitative estimate of drug-likeness (QED) is 0.835. The van der Waals surface area contributed by atoms with Gasteiger partial charge in [0, 0.05) is 26.8 Å². The molecule has 122 valence electrons. The molecule has 0 saturated carbocycles. The molecule has 2 amide bonds. The van der Waals surface area contributed by atoms with Crippen LogP contribution in [0.1, 0.15) is 30.4 Å². The zero-order chi connectivity index (χ0) is 16.1. The van der Waals surface area contributed by atoms with Crippen LogP contribution in [0.25, 0.3) is 0 Å². The summed E-state index contributed by atoms with van der Waals surface area (Å²) in [5.41, 5.74) is 0. The number of aryl methyl sites for hydroxylation is 1. The molecule has 1 aromatic heterocycles.